The van der Waals surface area contributed by atoms with Crippen molar-refractivity contribution < 1.29 is 28.6 Å². The molecule has 0 aliphatic rings. The van der Waals surface area contributed by atoms with E-state index >= 15 is 0 Å². The predicted molar refractivity (Wildman–Crippen MR) is 353 cm³/mol. The fourth-order valence-corrected chi connectivity index (χ4v) is 11.1. The van der Waals surface area contributed by atoms with Gasteiger partial charge in [0.2, 0.25) is 0 Å². The van der Waals surface area contributed by atoms with Crippen molar-refractivity contribution in [2.75, 3.05) is 13.2 Å². The molecule has 0 spiro atoms. The van der Waals surface area contributed by atoms with Crippen molar-refractivity contribution in [3.8, 4) is 0 Å². The van der Waals surface area contributed by atoms with Crippen molar-refractivity contribution in [3.05, 3.63) is 36.5 Å². The second kappa shape index (κ2) is 70.1. The van der Waals surface area contributed by atoms with Gasteiger partial charge in [-0.2, -0.15) is 0 Å². The number of carbonyl (C=O) groups excluding carboxylic acids is 3. The molecule has 0 aromatic rings. The molecule has 1 atom stereocenters. The summed E-state index contributed by atoms with van der Waals surface area (Å²) in [5.74, 6) is -0.864. The number of hydrogen-bond donors (Lipinski definition) is 0. The summed E-state index contributed by atoms with van der Waals surface area (Å²) in [6.07, 6.45) is 87.7. The molecule has 0 heterocycles. The van der Waals surface area contributed by atoms with E-state index in [1.54, 1.807) is 0 Å². The van der Waals surface area contributed by atoms with Crippen LogP contribution in [-0.4, -0.2) is 37.2 Å². The fraction of sp³-hybridized carbons (Fsp3) is 0.880. The number of esters is 3. The summed E-state index contributed by atoms with van der Waals surface area (Å²) >= 11 is 0. The number of ether oxygens (including phenoxy) is 3. The van der Waals surface area contributed by atoms with E-state index in [2.05, 4.69) is 57.2 Å². The van der Waals surface area contributed by atoms with E-state index in [0.29, 0.717) is 19.3 Å². The van der Waals surface area contributed by atoms with Crippen molar-refractivity contribution in [1.29, 1.82) is 0 Å². The minimum atomic E-state index is -0.779. The molecule has 0 rings (SSSR count). The van der Waals surface area contributed by atoms with Crippen LogP contribution in [0.25, 0.3) is 0 Å². The van der Waals surface area contributed by atoms with Crippen LogP contribution in [-0.2, 0) is 28.6 Å². The van der Waals surface area contributed by atoms with Crippen LogP contribution in [0.3, 0.4) is 0 Å². The monoisotopic (exact) mass is 1140 g/mol. The Morgan fingerprint density at radius 2 is 0.444 bits per heavy atom. The average molecular weight is 1140 g/mol. The molecule has 0 amide bonds. The van der Waals surface area contributed by atoms with Crippen LogP contribution in [0.4, 0.5) is 0 Å². The van der Waals surface area contributed by atoms with Gasteiger partial charge in [0.05, 0.1) is 0 Å². The Bertz CT molecular complexity index is 1350. The van der Waals surface area contributed by atoms with E-state index in [4.69, 9.17) is 14.2 Å². The molecule has 0 saturated heterocycles. The van der Waals surface area contributed by atoms with Crippen molar-refractivity contribution in [1.82, 2.24) is 0 Å². The lowest BCUT2D eigenvalue weighted by atomic mass is 10.0. The third-order valence-electron chi connectivity index (χ3n) is 16.6. The molecule has 6 nitrogen and oxygen atoms in total. The maximum absolute atomic E-state index is 12.9. The van der Waals surface area contributed by atoms with Gasteiger partial charge in [0.1, 0.15) is 13.2 Å². The van der Waals surface area contributed by atoms with E-state index < -0.39 is 6.10 Å². The first-order valence-electron chi connectivity index (χ1n) is 36.5. The second-order valence-corrected chi connectivity index (χ2v) is 24.9. The second-order valence-electron chi connectivity index (χ2n) is 24.9. The lowest BCUT2D eigenvalue weighted by molar-refractivity contribution is -0.167. The Hall–Kier alpha value is -2.37. The summed E-state index contributed by atoms with van der Waals surface area (Å²) in [6.45, 7) is 6.66. The number of hydrogen-bond acceptors (Lipinski definition) is 6. The summed E-state index contributed by atoms with van der Waals surface area (Å²) in [4.78, 5) is 38.4. The van der Waals surface area contributed by atoms with Crippen molar-refractivity contribution in [3.63, 3.8) is 0 Å². The van der Waals surface area contributed by atoms with Gasteiger partial charge in [-0.3, -0.25) is 14.4 Å². The standard InChI is InChI=1S/C75H140O6/c1-4-7-10-13-16-19-22-25-28-30-31-32-33-34-35-36-37-38-39-40-41-42-43-44-46-47-50-53-56-59-62-65-68-74(77)80-71-72(70-79-73(76)67-64-61-58-55-52-49-27-24-21-18-15-12-9-6-3)81-75(78)69-66-63-60-57-54-51-48-45-29-26-23-20-17-14-11-8-5-2/h17,20,24,26-27,29,72H,4-16,18-19,21-23,25,28,30-71H2,1-3H3/b20-17-,27-24-,29-26-. The molecule has 1 unspecified atom stereocenters. The van der Waals surface area contributed by atoms with Crippen molar-refractivity contribution in [2.24, 2.45) is 0 Å². The molecule has 476 valence electrons. The first-order valence-corrected chi connectivity index (χ1v) is 36.5. The smallest absolute Gasteiger partial charge is 0.306 e. The number of carbonyl (C=O) groups is 3. The van der Waals surface area contributed by atoms with Crippen molar-refractivity contribution in [2.45, 2.75) is 412 Å². The first kappa shape index (κ1) is 78.6. The average Bonchev–Trinajstić information content (AvgIpc) is 3.47. The van der Waals surface area contributed by atoms with Crippen LogP contribution < -0.4 is 0 Å². The SMILES string of the molecule is CCCCC/C=C\C/C=C\CCCCCCCCCC(=O)OC(COC(=O)CCCCCCC/C=C\CCCCCCC)COC(=O)CCCCCCCCCCCCCCCCCCCCCCCCCCCCCCCCCC. The maximum atomic E-state index is 12.9. The van der Waals surface area contributed by atoms with E-state index in [1.807, 2.05) is 0 Å². The molecule has 6 heteroatoms. The molecular formula is C75H140O6. The zero-order valence-electron chi connectivity index (χ0n) is 54.8. The molecule has 0 saturated carbocycles. The van der Waals surface area contributed by atoms with Gasteiger partial charge in [0.25, 0.3) is 0 Å². The summed E-state index contributed by atoms with van der Waals surface area (Å²) in [6, 6.07) is 0. The lowest BCUT2D eigenvalue weighted by Crippen LogP contribution is -2.30. The summed E-state index contributed by atoms with van der Waals surface area (Å²) in [5, 5.41) is 0. The molecule has 0 radical (unpaired) electrons. The van der Waals surface area contributed by atoms with E-state index in [9.17, 15) is 14.4 Å². The predicted octanol–water partition coefficient (Wildman–Crippen LogP) is 25.1. The van der Waals surface area contributed by atoms with E-state index in [-0.39, 0.29) is 31.1 Å². The third-order valence-corrected chi connectivity index (χ3v) is 16.6. The minimum absolute atomic E-state index is 0.0737. The topological polar surface area (TPSA) is 78.9 Å². The Labute approximate surface area is 506 Å². The summed E-state index contributed by atoms with van der Waals surface area (Å²) in [5.41, 5.74) is 0. The van der Waals surface area contributed by atoms with Gasteiger partial charge in [-0.15, -0.1) is 0 Å². The maximum Gasteiger partial charge on any atom is 0.306 e. The number of allylic oxidation sites excluding steroid dienone is 6. The van der Waals surface area contributed by atoms with Crippen LogP contribution in [0, 0.1) is 0 Å². The molecule has 0 aliphatic heterocycles. The molecule has 0 aromatic carbocycles. The molecule has 0 fully saturated rings. The van der Waals surface area contributed by atoms with Gasteiger partial charge in [-0.25, -0.2) is 0 Å². The van der Waals surface area contributed by atoms with Crippen molar-refractivity contribution >= 4 is 17.9 Å². The largest absolute Gasteiger partial charge is 0.462 e. The molecule has 0 aromatic heterocycles. The number of rotatable bonds is 68. The van der Waals surface area contributed by atoms with Gasteiger partial charge in [-0.1, -0.05) is 346 Å². The highest BCUT2D eigenvalue weighted by atomic mass is 16.6. The molecule has 0 aliphatic carbocycles. The van der Waals surface area contributed by atoms with Gasteiger partial charge in [0.15, 0.2) is 6.10 Å². The molecule has 0 N–H and O–H groups in total. The fourth-order valence-electron chi connectivity index (χ4n) is 11.1. The van der Waals surface area contributed by atoms with Gasteiger partial charge in [0, 0.05) is 19.3 Å². The summed E-state index contributed by atoms with van der Waals surface area (Å²) in [7, 11) is 0. The minimum Gasteiger partial charge on any atom is -0.462 e. The number of unbranched alkanes of at least 4 members (excludes halogenated alkanes) is 51. The summed E-state index contributed by atoms with van der Waals surface area (Å²) < 4.78 is 17.0. The first-order chi connectivity index (χ1) is 40.0. The highest BCUT2D eigenvalue weighted by Crippen LogP contribution is 2.19. The Morgan fingerprint density at radius 1 is 0.247 bits per heavy atom. The third kappa shape index (κ3) is 68.3. The van der Waals surface area contributed by atoms with Crippen LogP contribution in [0.2, 0.25) is 0 Å². The van der Waals surface area contributed by atoms with Crippen LogP contribution in [0.5, 0.6) is 0 Å². The lowest BCUT2D eigenvalue weighted by Gasteiger charge is -2.18. The zero-order chi connectivity index (χ0) is 58.5. The van der Waals surface area contributed by atoms with Crippen LogP contribution >= 0.6 is 0 Å². The van der Waals surface area contributed by atoms with Gasteiger partial charge in [-0.05, 0) is 77.0 Å². The zero-order valence-corrected chi connectivity index (χ0v) is 54.8. The van der Waals surface area contributed by atoms with Gasteiger partial charge < -0.3 is 14.2 Å². The Morgan fingerprint density at radius 3 is 0.716 bits per heavy atom. The van der Waals surface area contributed by atoms with E-state index in [0.717, 1.165) is 77.0 Å². The molecule has 81 heavy (non-hydrogen) atoms. The highest BCUT2D eigenvalue weighted by Gasteiger charge is 2.19. The highest BCUT2D eigenvalue weighted by molar-refractivity contribution is 5.71. The molecular weight excluding hydrogens is 997 g/mol. The molecule has 0 bridgehead atoms. The Kier molecular flexibility index (Phi) is 68.1. The van der Waals surface area contributed by atoms with Crippen LogP contribution in [0.15, 0.2) is 36.5 Å². The Balaban J connectivity index is 4.13. The van der Waals surface area contributed by atoms with Crippen LogP contribution in [0.1, 0.15) is 406 Å². The van der Waals surface area contributed by atoms with Gasteiger partial charge >= 0.3 is 17.9 Å². The quantitative estimate of drug-likeness (QED) is 0.0261. The normalized spacial score (nSPS) is 12.2. The van der Waals surface area contributed by atoms with E-state index in [1.165, 1.54) is 289 Å².